The normalized spacial score (nSPS) is 15.0. The summed E-state index contributed by atoms with van der Waals surface area (Å²) in [4.78, 5) is 25.0. The predicted octanol–water partition coefficient (Wildman–Crippen LogP) is 3.71. The number of carboxylic acids is 1. The average molecular weight is 317 g/mol. The van der Waals surface area contributed by atoms with Crippen molar-refractivity contribution in [3.63, 3.8) is 0 Å². The quantitative estimate of drug-likeness (QED) is 0.873. The number of urea groups is 1. The van der Waals surface area contributed by atoms with E-state index >= 15 is 0 Å². The van der Waals surface area contributed by atoms with E-state index in [1.165, 1.54) is 12.1 Å². The van der Waals surface area contributed by atoms with Gasteiger partial charge in [-0.05, 0) is 31.4 Å². The van der Waals surface area contributed by atoms with E-state index in [9.17, 15) is 9.59 Å². The number of amides is 2. The molecule has 5 nitrogen and oxygen atoms in total. The van der Waals surface area contributed by atoms with Gasteiger partial charge in [0, 0.05) is 18.1 Å². The second-order valence-electron chi connectivity index (χ2n) is 4.59. The van der Waals surface area contributed by atoms with Crippen LogP contribution in [0.15, 0.2) is 12.1 Å². The molecule has 1 heterocycles. The third kappa shape index (κ3) is 3.35. The van der Waals surface area contributed by atoms with Gasteiger partial charge in [0.2, 0.25) is 0 Å². The molecule has 20 heavy (non-hydrogen) atoms. The van der Waals surface area contributed by atoms with Crippen LogP contribution < -0.4 is 5.32 Å². The van der Waals surface area contributed by atoms with Crippen molar-refractivity contribution in [2.75, 3.05) is 18.4 Å². The summed E-state index contributed by atoms with van der Waals surface area (Å²) in [7, 11) is 0. The number of carbonyl (C=O) groups is 2. The zero-order valence-corrected chi connectivity index (χ0v) is 12.2. The van der Waals surface area contributed by atoms with Crippen LogP contribution >= 0.6 is 23.2 Å². The maximum atomic E-state index is 12.1. The fraction of sp³-hybridized carbons (Fsp3) is 0.385. The molecule has 1 aliphatic heterocycles. The molecule has 0 aromatic heterocycles. The van der Waals surface area contributed by atoms with Gasteiger partial charge in [-0.2, -0.15) is 0 Å². The second-order valence-corrected chi connectivity index (χ2v) is 5.44. The third-order valence-corrected chi connectivity index (χ3v) is 3.68. The molecule has 0 bridgehead atoms. The number of benzene rings is 1. The van der Waals surface area contributed by atoms with Gasteiger partial charge in [0.15, 0.2) is 0 Å². The van der Waals surface area contributed by atoms with Gasteiger partial charge in [-0.15, -0.1) is 0 Å². The fourth-order valence-corrected chi connectivity index (χ4v) is 2.69. The van der Waals surface area contributed by atoms with Gasteiger partial charge < -0.3 is 15.3 Å². The Balaban J connectivity index is 2.23. The summed E-state index contributed by atoms with van der Waals surface area (Å²) in [5.41, 5.74) is -0.0352. The lowest BCUT2D eigenvalue weighted by Crippen LogP contribution is -2.39. The van der Waals surface area contributed by atoms with Crippen LogP contribution in [0.5, 0.6) is 0 Å². The highest BCUT2D eigenvalue weighted by atomic mass is 35.5. The Labute approximate surface area is 126 Å². The van der Waals surface area contributed by atoms with E-state index in [1.807, 2.05) is 0 Å². The van der Waals surface area contributed by atoms with Gasteiger partial charge in [-0.25, -0.2) is 9.59 Å². The smallest absolute Gasteiger partial charge is 0.337 e. The van der Waals surface area contributed by atoms with Crippen molar-refractivity contribution in [3.8, 4) is 0 Å². The zero-order chi connectivity index (χ0) is 14.7. The van der Waals surface area contributed by atoms with E-state index in [0.29, 0.717) is 13.1 Å². The number of nitrogens with one attached hydrogen (secondary N) is 1. The summed E-state index contributed by atoms with van der Waals surface area (Å²) in [6.45, 7) is 1.33. The molecule has 0 unspecified atom stereocenters. The largest absolute Gasteiger partial charge is 0.478 e. The van der Waals surface area contributed by atoms with Crippen LogP contribution in [0.1, 0.15) is 29.6 Å². The van der Waals surface area contributed by atoms with Crippen LogP contribution in [0.2, 0.25) is 10.0 Å². The lowest BCUT2D eigenvalue weighted by Gasteiger charge is -2.27. The van der Waals surface area contributed by atoms with Crippen LogP contribution in [0, 0.1) is 0 Å². The maximum absolute atomic E-state index is 12.1. The number of anilines is 1. The first-order chi connectivity index (χ1) is 9.49. The molecule has 0 aliphatic carbocycles. The van der Waals surface area contributed by atoms with Crippen LogP contribution in [0.3, 0.4) is 0 Å². The van der Waals surface area contributed by atoms with E-state index in [1.54, 1.807) is 4.90 Å². The van der Waals surface area contributed by atoms with Crippen molar-refractivity contribution in [2.45, 2.75) is 19.3 Å². The van der Waals surface area contributed by atoms with Crippen molar-refractivity contribution in [2.24, 2.45) is 0 Å². The Kier molecular flexibility index (Phi) is 4.73. The molecule has 1 fully saturated rings. The van der Waals surface area contributed by atoms with Gasteiger partial charge in [0.05, 0.1) is 16.3 Å². The molecule has 2 rings (SSSR count). The summed E-state index contributed by atoms with van der Waals surface area (Å²) in [5, 5.41) is 12.1. The third-order valence-electron chi connectivity index (χ3n) is 3.16. The Morgan fingerprint density at radius 3 is 2.40 bits per heavy atom. The Morgan fingerprint density at radius 1 is 1.15 bits per heavy atom. The van der Waals surface area contributed by atoms with E-state index in [-0.39, 0.29) is 27.3 Å². The van der Waals surface area contributed by atoms with Crippen LogP contribution in [-0.4, -0.2) is 35.1 Å². The van der Waals surface area contributed by atoms with E-state index in [2.05, 4.69) is 5.32 Å². The van der Waals surface area contributed by atoms with E-state index in [4.69, 9.17) is 28.3 Å². The molecule has 0 atom stereocenters. The summed E-state index contributed by atoms with van der Waals surface area (Å²) >= 11 is 11.8. The van der Waals surface area contributed by atoms with Crippen molar-refractivity contribution >= 4 is 40.9 Å². The van der Waals surface area contributed by atoms with Crippen molar-refractivity contribution < 1.29 is 14.7 Å². The van der Waals surface area contributed by atoms with Gasteiger partial charge in [-0.1, -0.05) is 23.2 Å². The van der Waals surface area contributed by atoms with E-state index in [0.717, 1.165) is 19.3 Å². The predicted molar refractivity (Wildman–Crippen MR) is 77.9 cm³/mol. The first kappa shape index (κ1) is 14.9. The summed E-state index contributed by atoms with van der Waals surface area (Å²) < 4.78 is 0. The SMILES string of the molecule is O=C(O)c1cc(Cl)cc(Cl)c1NC(=O)N1CCCCC1. The number of likely N-dealkylation sites (tertiary alicyclic amines) is 1. The van der Waals surface area contributed by atoms with E-state index < -0.39 is 5.97 Å². The van der Waals surface area contributed by atoms with Crippen LogP contribution in [0.4, 0.5) is 10.5 Å². The maximum Gasteiger partial charge on any atom is 0.337 e. The molecule has 1 aliphatic rings. The van der Waals surface area contributed by atoms with Gasteiger partial charge in [-0.3, -0.25) is 0 Å². The highest BCUT2D eigenvalue weighted by Gasteiger charge is 2.21. The Morgan fingerprint density at radius 2 is 1.80 bits per heavy atom. The number of carboxylic acid groups (broad SMARTS) is 1. The minimum atomic E-state index is -1.19. The number of rotatable bonds is 2. The highest BCUT2D eigenvalue weighted by molar-refractivity contribution is 6.37. The molecule has 2 amide bonds. The minimum Gasteiger partial charge on any atom is -0.478 e. The lowest BCUT2D eigenvalue weighted by atomic mass is 10.1. The molecular weight excluding hydrogens is 303 g/mol. The monoisotopic (exact) mass is 316 g/mol. The zero-order valence-electron chi connectivity index (χ0n) is 10.7. The van der Waals surface area contributed by atoms with Crippen LogP contribution in [0.25, 0.3) is 0 Å². The summed E-state index contributed by atoms with van der Waals surface area (Å²) in [5.74, 6) is -1.19. The first-order valence-corrected chi connectivity index (χ1v) is 7.03. The molecule has 0 saturated carbocycles. The molecule has 1 aromatic rings. The standard InChI is InChI=1S/C13H14Cl2N2O3/c14-8-6-9(12(18)19)11(10(15)7-8)16-13(20)17-4-2-1-3-5-17/h6-7H,1-5H2,(H,16,20)(H,18,19). The highest BCUT2D eigenvalue weighted by Crippen LogP contribution is 2.30. The molecular formula is C13H14Cl2N2O3. The van der Waals surface area contributed by atoms with Gasteiger partial charge in [0.1, 0.15) is 0 Å². The molecule has 0 radical (unpaired) electrons. The summed E-state index contributed by atoms with van der Waals surface area (Å²) in [6, 6.07) is 2.33. The van der Waals surface area contributed by atoms with Gasteiger partial charge >= 0.3 is 12.0 Å². The number of halogens is 2. The summed E-state index contributed by atoms with van der Waals surface area (Å²) in [6.07, 6.45) is 3.01. The van der Waals surface area contributed by atoms with Crippen molar-refractivity contribution in [3.05, 3.63) is 27.7 Å². The lowest BCUT2D eigenvalue weighted by molar-refractivity contribution is 0.0698. The number of carbonyl (C=O) groups excluding carboxylic acids is 1. The molecule has 2 N–H and O–H groups in total. The molecule has 1 aromatic carbocycles. The number of hydrogen-bond acceptors (Lipinski definition) is 2. The first-order valence-electron chi connectivity index (χ1n) is 6.27. The van der Waals surface area contributed by atoms with Gasteiger partial charge in [0.25, 0.3) is 0 Å². The average Bonchev–Trinajstić information content (AvgIpc) is 2.42. The Hall–Kier alpha value is -1.46. The fourth-order valence-electron chi connectivity index (χ4n) is 2.15. The molecule has 0 spiro atoms. The van der Waals surface area contributed by atoms with Crippen molar-refractivity contribution in [1.82, 2.24) is 4.90 Å². The van der Waals surface area contributed by atoms with Crippen LogP contribution in [-0.2, 0) is 0 Å². The number of nitrogens with zero attached hydrogens (tertiary/aromatic N) is 1. The van der Waals surface area contributed by atoms with Crippen molar-refractivity contribution in [1.29, 1.82) is 0 Å². The number of piperidine rings is 1. The number of hydrogen-bond donors (Lipinski definition) is 2. The topological polar surface area (TPSA) is 69.6 Å². The molecule has 7 heteroatoms. The minimum absolute atomic E-state index is 0.0825. The molecule has 1 saturated heterocycles. The second kappa shape index (κ2) is 6.33. The molecule has 108 valence electrons. The number of aromatic carboxylic acids is 1. The Bertz CT molecular complexity index is 543.